The minimum atomic E-state index is 0.718. The zero-order valence-corrected chi connectivity index (χ0v) is 12.4. The Balaban J connectivity index is 2.43. The highest BCUT2D eigenvalue weighted by Gasteiger charge is 2.17. The highest BCUT2D eigenvalue weighted by Crippen LogP contribution is 2.28. The van der Waals surface area contributed by atoms with Gasteiger partial charge in [0.1, 0.15) is 4.60 Å². The van der Waals surface area contributed by atoms with E-state index in [0.717, 1.165) is 38.7 Å². The van der Waals surface area contributed by atoms with Crippen molar-refractivity contribution in [1.82, 2.24) is 19.3 Å². The van der Waals surface area contributed by atoms with Crippen molar-refractivity contribution in [3.63, 3.8) is 0 Å². The number of benzene rings is 1. The molecule has 0 fully saturated rings. The number of aromatic nitrogens is 3. The Bertz CT molecular complexity index is 744. The molecule has 2 aromatic heterocycles. The highest BCUT2D eigenvalue weighted by atomic mass is 79.9. The van der Waals surface area contributed by atoms with E-state index < -0.39 is 0 Å². The fourth-order valence-corrected chi connectivity index (χ4v) is 3.12. The van der Waals surface area contributed by atoms with Gasteiger partial charge in [-0.25, -0.2) is 4.98 Å². The maximum Gasteiger partial charge on any atom is 0.215 e. The van der Waals surface area contributed by atoms with E-state index in [1.807, 2.05) is 32.3 Å². The predicted octanol–water partition coefficient (Wildman–Crippen LogP) is 2.96. The van der Waals surface area contributed by atoms with Gasteiger partial charge >= 0.3 is 0 Å². The first-order valence-electron chi connectivity index (χ1n) is 5.59. The van der Waals surface area contributed by atoms with E-state index in [1.54, 1.807) is 0 Å². The fourth-order valence-electron chi connectivity index (χ4n) is 2.20. The Morgan fingerprint density at radius 3 is 2.94 bits per heavy atom. The van der Waals surface area contributed by atoms with E-state index >= 15 is 0 Å². The third-order valence-electron chi connectivity index (χ3n) is 3.08. The first-order chi connectivity index (χ1) is 8.63. The maximum absolute atomic E-state index is 6.06. The zero-order chi connectivity index (χ0) is 12.9. The zero-order valence-electron chi connectivity index (χ0n) is 10.0. The molecule has 0 aliphatic heterocycles. The van der Waals surface area contributed by atoms with Crippen LogP contribution in [0, 0.1) is 0 Å². The van der Waals surface area contributed by atoms with Gasteiger partial charge in [-0.1, -0.05) is 11.6 Å². The van der Waals surface area contributed by atoms with Gasteiger partial charge in [-0.15, -0.1) is 0 Å². The smallest absolute Gasteiger partial charge is 0.215 e. The Labute approximate surface area is 118 Å². The summed E-state index contributed by atoms with van der Waals surface area (Å²) in [6.07, 6.45) is 0. The third kappa shape index (κ3) is 1.58. The molecule has 0 radical (unpaired) electrons. The number of aryl methyl sites for hydroxylation is 1. The molecule has 4 nitrogen and oxygen atoms in total. The number of fused-ring (bicyclic) bond motifs is 3. The summed E-state index contributed by atoms with van der Waals surface area (Å²) in [5.74, 6) is 0.907. The molecule has 0 unspecified atom stereocenters. The Kier molecular flexibility index (Phi) is 2.84. The largest absolute Gasteiger partial charge is 0.315 e. The topological polar surface area (TPSA) is 34.3 Å². The first kappa shape index (κ1) is 12.0. The number of halogens is 2. The number of rotatable bonds is 2. The molecule has 2 heterocycles. The van der Waals surface area contributed by atoms with Crippen molar-refractivity contribution in [2.24, 2.45) is 7.05 Å². The number of hydrogen-bond acceptors (Lipinski definition) is 2. The van der Waals surface area contributed by atoms with Crippen LogP contribution in [0.1, 0.15) is 5.69 Å². The predicted molar refractivity (Wildman–Crippen MR) is 77.1 cm³/mol. The molecule has 0 bridgehead atoms. The van der Waals surface area contributed by atoms with E-state index in [1.165, 1.54) is 0 Å². The summed E-state index contributed by atoms with van der Waals surface area (Å²) in [6, 6.07) is 5.73. The summed E-state index contributed by atoms with van der Waals surface area (Å²) in [7, 11) is 3.94. The van der Waals surface area contributed by atoms with Crippen molar-refractivity contribution in [3.05, 3.63) is 33.5 Å². The SMILES string of the molecule is CNCc1c(Br)n2c3cc(Cl)ccc3nc2n1C. The second-order valence-corrected chi connectivity index (χ2v) is 5.39. The normalized spacial score (nSPS) is 11.8. The first-order valence-corrected chi connectivity index (χ1v) is 6.76. The second-order valence-electron chi connectivity index (χ2n) is 4.21. The Morgan fingerprint density at radius 1 is 1.44 bits per heavy atom. The van der Waals surface area contributed by atoms with Gasteiger partial charge < -0.3 is 9.88 Å². The van der Waals surface area contributed by atoms with E-state index in [2.05, 4.69) is 35.2 Å². The Hall–Kier alpha value is -1.04. The average molecular weight is 328 g/mol. The van der Waals surface area contributed by atoms with Gasteiger partial charge in [-0.05, 0) is 41.2 Å². The van der Waals surface area contributed by atoms with Crippen molar-refractivity contribution in [2.45, 2.75) is 6.54 Å². The number of nitrogens with zero attached hydrogens (tertiary/aromatic N) is 3. The summed E-state index contributed by atoms with van der Waals surface area (Å²) >= 11 is 9.71. The lowest BCUT2D eigenvalue weighted by atomic mass is 10.3. The van der Waals surface area contributed by atoms with Crippen molar-refractivity contribution in [3.8, 4) is 0 Å². The summed E-state index contributed by atoms with van der Waals surface area (Å²) in [6.45, 7) is 0.780. The molecule has 0 amide bonds. The molecule has 3 rings (SSSR count). The lowest BCUT2D eigenvalue weighted by Crippen LogP contribution is -2.09. The van der Waals surface area contributed by atoms with Crippen LogP contribution in [0.3, 0.4) is 0 Å². The molecule has 18 heavy (non-hydrogen) atoms. The van der Waals surface area contributed by atoms with Crippen LogP contribution in [0.2, 0.25) is 5.02 Å². The summed E-state index contributed by atoms with van der Waals surface area (Å²) < 4.78 is 5.17. The monoisotopic (exact) mass is 326 g/mol. The molecule has 6 heteroatoms. The highest BCUT2D eigenvalue weighted by molar-refractivity contribution is 9.10. The van der Waals surface area contributed by atoms with Crippen LogP contribution in [0.5, 0.6) is 0 Å². The quantitative estimate of drug-likeness (QED) is 0.785. The van der Waals surface area contributed by atoms with Crippen molar-refractivity contribution in [1.29, 1.82) is 0 Å². The van der Waals surface area contributed by atoms with Crippen LogP contribution in [0.15, 0.2) is 22.8 Å². The molecule has 1 N–H and O–H groups in total. The molecule has 0 saturated heterocycles. The lowest BCUT2D eigenvalue weighted by Gasteiger charge is -2.02. The van der Waals surface area contributed by atoms with E-state index in [4.69, 9.17) is 11.6 Å². The Morgan fingerprint density at radius 2 is 2.22 bits per heavy atom. The van der Waals surface area contributed by atoms with Crippen molar-refractivity contribution >= 4 is 44.3 Å². The molecule has 1 aromatic carbocycles. The molecule has 94 valence electrons. The number of nitrogens with one attached hydrogen (secondary N) is 1. The van der Waals surface area contributed by atoms with Crippen LogP contribution in [-0.2, 0) is 13.6 Å². The van der Waals surface area contributed by atoms with Crippen LogP contribution in [0.25, 0.3) is 16.8 Å². The van der Waals surface area contributed by atoms with Gasteiger partial charge in [-0.2, -0.15) is 0 Å². The summed E-state index contributed by atoms with van der Waals surface area (Å²) in [5.41, 5.74) is 3.12. The van der Waals surface area contributed by atoms with Crippen molar-refractivity contribution in [2.75, 3.05) is 7.05 Å². The van der Waals surface area contributed by atoms with Gasteiger partial charge in [0.25, 0.3) is 0 Å². The summed E-state index contributed by atoms with van der Waals surface area (Å²) in [4.78, 5) is 4.63. The van der Waals surface area contributed by atoms with Gasteiger partial charge in [0.2, 0.25) is 5.78 Å². The average Bonchev–Trinajstić information content (AvgIpc) is 2.81. The molecule has 0 saturated carbocycles. The minimum Gasteiger partial charge on any atom is -0.315 e. The molecule has 3 aromatic rings. The van der Waals surface area contributed by atoms with Crippen LogP contribution < -0.4 is 5.32 Å². The van der Waals surface area contributed by atoms with E-state index in [-0.39, 0.29) is 0 Å². The fraction of sp³-hybridized carbons (Fsp3) is 0.250. The van der Waals surface area contributed by atoms with Crippen LogP contribution >= 0.6 is 27.5 Å². The van der Waals surface area contributed by atoms with E-state index in [0.29, 0.717) is 0 Å². The number of hydrogen-bond donors (Lipinski definition) is 1. The second kappa shape index (κ2) is 4.26. The van der Waals surface area contributed by atoms with Crippen LogP contribution in [0.4, 0.5) is 0 Å². The summed E-state index contributed by atoms with van der Waals surface area (Å²) in [5, 5.41) is 3.88. The molecule has 0 aliphatic carbocycles. The molecular weight excluding hydrogens is 316 g/mol. The molecular formula is C12H12BrClN4. The minimum absolute atomic E-state index is 0.718. The van der Waals surface area contributed by atoms with Gasteiger partial charge in [0.15, 0.2) is 0 Å². The van der Waals surface area contributed by atoms with Gasteiger partial charge in [0.05, 0.1) is 16.7 Å². The lowest BCUT2D eigenvalue weighted by molar-refractivity contribution is 0.738. The van der Waals surface area contributed by atoms with Gasteiger partial charge in [0, 0.05) is 18.6 Å². The standard InChI is InChI=1S/C12H12BrClN4/c1-15-6-10-11(13)18-9-5-7(14)3-4-8(9)16-12(18)17(10)2/h3-5,15H,6H2,1-2H3. The number of imidazole rings is 2. The van der Waals surface area contributed by atoms with Crippen LogP contribution in [-0.4, -0.2) is 21.0 Å². The molecule has 0 aliphatic rings. The molecule has 0 spiro atoms. The van der Waals surface area contributed by atoms with Gasteiger partial charge in [-0.3, -0.25) is 4.40 Å². The third-order valence-corrected chi connectivity index (χ3v) is 4.13. The van der Waals surface area contributed by atoms with Crippen molar-refractivity contribution < 1.29 is 0 Å². The van der Waals surface area contributed by atoms with E-state index in [9.17, 15) is 0 Å². The maximum atomic E-state index is 6.06. The molecule has 0 atom stereocenters.